The van der Waals surface area contributed by atoms with E-state index in [4.69, 9.17) is 32.5 Å². The van der Waals surface area contributed by atoms with Gasteiger partial charge in [0.05, 0.1) is 16.3 Å². The van der Waals surface area contributed by atoms with Gasteiger partial charge >= 0.3 is 0 Å². The summed E-state index contributed by atoms with van der Waals surface area (Å²) in [6.45, 7) is -0.234. The van der Waals surface area contributed by atoms with Crippen LogP contribution in [0.2, 0.25) is 10.0 Å². The Kier molecular flexibility index (Phi) is 5.92. The Morgan fingerprint density at radius 2 is 1.87 bits per heavy atom. The van der Waals surface area contributed by atoms with Crippen LogP contribution in [0, 0.1) is 0 Å². The molecule has 0 atom stereocenters. The Hall–Kier alpha value is -3.42. The average molecular weight is 441 g/mol. The lowest BCUT2D eigenvalue weighted by molar-refractivity contribution is -0.118. The van der Waals surface area contributed by atoms with E-state index >= 15 is 0 Å². The summed E-state index contributed by atoms with van der Waals surface area (Å²) in [5, 5.41) is 7.59. The molecule has 4 rings (SSSR count). The molecule has 2 heterocycles. The second-order valence-electron chi connectivity index (χ2n) is 6.12. The van der Waals surface area contributed by atoms with Crippen LogP contribution in [0.5, 0.6) is 5.75 Å². The number of benzene rings is 2. The minimum absolute atomic E-state index is 0.234. The van der Waals surface area contributed by atoms with Gasteiger partial charge in [-0.2, -0.15) is 4.98 Å². The fraction of sp³-hybridized carbons (Fsp3) is 0.0476. The fourth-order valence-electron chi connectivity index (χ4n) is 2.65. The third-order valence-corrected chi connectivity index (χ3v) is 4.58. The van der Waals surface area contributed by atoms with Crippen molar-refractivity contribution >= 4 is 34.8 Å². The van der Waals surface area contributed by atoms with Crippen LogP contribution in [0.4, 0.5) is 5.69 Å². The molecule has 0 spiro atoms. The Bertz CT molecular complexity index is 1180. The van der Waals surface area contributed by atoms with E-state index in [2.05, 4.69) is 20.4 Å². The van der Waals surface area contributed by atoms with Gasteiger partial charge in [0.1, 0.15) is 5.75 Å². The summed E-state index contributed by atoms with van der Waals surface area (Å²) in [6.07, 6.45) is 3.29. The minimum atomic E-state index is -0.373. The van der Waals surface area contributed by atoms with Gasteiger partial charge in [0, 0.05) is 23.0 Å². The monoisotopic (exact) mass is 440 g/mol. The Morgan fingerprint density at radius 3 is 2.67 bits per heavy atom. The lowest BCUT2D eigenvalue weighted by Gasteiger charge is -2.10. The highest BCUT2D eigenvalue weighted by Gasteiger charge is 2.16. The van der Waals surface area contributed by atoms with Crippen molar-refractivity contribution in [3.05, 3.63) is 77.0 Å². The number of amides is 1. The van der Waals surface area contributed by atoms with E-state index in [1.54, 1.807) is 60.9 Å². The molecule has 2 aromatic carbocycles. The van der Waals surface area contributed by atoms with E-state index in [-0.39, 0.29) is 18.4 Å². The van der Waals surface area contributed by atoms with Crippen molar-refractivity contribution in [3.63, 3.8) is 0 Å². The summed E-state index contributed by atoms with van der Waals surface area (Å²) in [5.74, 6) is 0.694. The van der Waals surface area contributed by atoms with Gasteiger partial charge in [0.25, 0.3) is 11.8 Å². The van der Waals surface area contributed by atoms with Crippen LogP contribution in [0.15, 0.2) is 71.5 Å². The quantitative estimate of drug-likeness (QED) is 0.447. The standard InChI is InChI=1S/C21H14Cl2N4O3/c22-14-5-6-18(16(23)11-14)29-12-19(28)25-17-4-2-1-3-15(17)21-26-20(27-30-21)13-7-9-24-10-8-13/h1-11H,12H2,(H,25,28). The number of anilines is 1. The maximum absolute atomic E-state index is 12.4. The Labute approximate surface area is 181 Å². The number of carbonyl (C=O) groups is 1. The molecule has 0 saturated heterocycles. The third kappa shape index (κ3) is 4.59. The summed E-state index contributed by atoms with van der Waals surface area (Å²) in [4.78, 5) is 20.8. The first-order valence-electron chi connectivity index (χ1n) is 8.81. The van der Waals surface area contributed by atoms with Crippen LogP contribution in [-0.4, -0.2) is 27.6 Å². The van der Waals surface area contributed by atoms with Crippen LogP contribution >= 0.6 is 23.2 Å². The van der Waals surface area contributed by atoms with Crippen LogP contribution in [0.3, 0.4) is 0 Å². The van der Waals surface area contributed by atoms with Gasteiger partial charge in [-0.15, -0.1) is 0 Å². The van der Waals surface area contributed by atoms with Crippen molar-refractivity contribution in [1.29, 1.82) is 0 Å². The van der Waals surface area contributed by atoms with Crippen molar-refractivity contribution in [2.75, 3.05) is 11.9 Å². The molecule has 0 bridgehead atoms. The van der Waals surface area contributed by atoms with Crippen molar-refractivity contribution < 1.29 is 14.1 Å². The molecule has 0 fully saturated rings. The molecule has 30 heavy (non-hydrogen) atoms. The van der Waals surface area contributed by atoms with E-state index in [0.29, 0.717) is 32.9 Å². The topological polar surface area (TPSA) is 90.1 Å². The molecule has 2 aromatic heterocycles. The van der Waals surface area contributed by atoms with E-state index in [1.807, 2.05) is 6.07 Å². The molecule has 9 heteroatoms. The predicted molar refractivity (Wildman–Crippen MR) is 114 cm³/mol. The summed E-state index contributed by atoms with van der Waals surface area (Å²) >= 11 is 11.9. The third-order valence-electron chi connectivity index (χ3n) is 4.05. The number of aromatic nitrogens is 3. The largest absolute Gasteiger partial charge is 0.482 e. The molecular weight excluding hydrogens is 427 g/mol. The first-order valence-corrected chi connectivity index (χ1v) is 9.57. The first-order chi connectivity index (χ1) is 14.6. The predicted octanol–water partition coefficient (Wildman–Crippen LogP) is 5.12. The highest BCUT2D eigenvalue weighted by molar-refractivity contribution is 6.35. The minimum Gasteiger partial charge on any atom is -0.482 e. The van der Waals surface area contributed by atoms with Gasteiger partial charge in [-0.05, 0) is 42.5 Å². The van der Waals surface area contributed by atoms with E-state index < -0.39 is 0 Å². The lowest BCUT2D eigenvalue weighted by Crippen LogP contribution is -2.20. The van der Waals surface area contributed by atoms with Crippen LogP contribution in [-0.2, 0) is 4.79 Å². The second-order valence-corrected chi connectivity index (χ2v) is 6.96. The van der Waals surface area contributed by atoms with E-state index in [1.165, 1.54) is 0 Å². The number of nitrogens with one attached hydrogen (secondary N) is 1. The summed E-state index contributed by atoms with van der Waals surface area (Å²) < 4.78 is 10.9. The molecule has 1 N–H and O–H groups in total. The van der Waals surface area contributed by atoms with Crippen LogP contribution in [0.25, 0.3) is 22.8 Å². The van der Waals surface area contributed by atoms with Gasteiger partial charge in [-0.25, -0.2) is 0 Å². The zero-order valence-corrected chi connectivity index (χ0v) is 16.9. The van der Waals surface area contributed by atoms with E-state index in [0.717, 1.165) is 5.56 Å². The summed E-state index contributed by atoms with van der Waals surface area (Å²) in [6, 6.07) is 15.4. The second kappa shape index (κ2) is 8.94. The van der Waals surface area contributed by atoms with E-state index in [9.17, 15) is 4.79 Å². The zero-order chi connectivity index (χ0) is 20.9. The van der Waals surface area contributed by atoms with Gasteiger partial charge in [0.2, 0.25) is 5.82 Å². The highest BCUT2D eigenvalue weighted by Crippen LogP contribution is 2.29. The van der Waals surface area contributed by atoms with Gasteiger partial charge in [0.15, 0.2) is 6.61 Å². The molecule has 0 aliphatic carbocycles. The number of rotatable bonds is 6. The first kappa shape index (κ1) is 19.9. The number of halogens is 2. The number of hydrogen-bond acceptors (Lipinski definition) is 6. The summed E-state index contributed by atoms with van der Waals surface area (Å²) in [5.41, 5.74) is 1.87. The number of pyridine rings is 1. The van der Waals surface area contributed by atoms with Crippen molar-refractivity contribution in [1.82, 2.24) is 15.1 Å². The summed E-state index contributed by atoms with van der Waals surface area (Å²) in [7, 11) is 0. The van der Waals surface area contributed by atoms with Gasteiger partial charge < -0.3 is 14.6 Å². The normalized spacial score (nSPS) is 10.6. The number of nitrogens with zero attached hydrogens (tertiary/aromatic N) is 3. The number of para-hydroxylation sites is 1. The van der Waals surface area contributed by atoms with Crippen molar-refractivity contribution in [2.45, 2.75) is 0 Å². The Balaban J connectivity index is 1.48. The molecule has 0 aliphatic rings. The fourth-order valence-corrected chi connectivity index (χ4v) is 3.11. The number of carbonyl (C=O) groups excluding carboxylic acids is 1. The highest BCUT2D eigenvalue weighted by atomic mass is 35.5. The molecule has 0 radical (unpaired) electrons. The van der Waals surface area contributed by atoms with Crippen LogP contribution < -0.4 is 10.1 Å². The molecule has 0 aliphatic heterocycles. The molecule has 150 valence electrons. The average Bonchev–Trinajstić information content (AvgIpc) is 3.24. The van der Waals surface area contributed by atoms with Crippen LogP contribution in [0.1, 0.15) is 0 Å². The maximum Gasteiger partial charge on any atom is 0.262 e. The van der Waals surface area contributed by atoms with Crippen molar-refractivity contribution in [2.24, 2.45) is 0 Å². The number of ether oxygens (including phenoxy) is 1. The number of hydrogen-bond donors (Lipinski definition) is 1. The smallest absolute Gasteiger partial charge is 0.262 e. The molecule has 4 aromatic rings. The molecule has 0 saturated carbocycles. The molecule has 0 unspecified atom stereocenters. The Morgan fingerprint density at radius 1 is 1.07 bits per heavy atom. The molecular formula is C21H14Cl2N4O3. The molecule has 7 nitrogen and oxygen atoms in total. The van der Waals surface area contributed by atoms with Crippen molar-refractivity contribution in [3.8, 4) is 28.6 Å². The zero-order valence-electron chi connectivity index (χ0n) is 15.4. The van der Waals surface area contributed by atoms with Gasteiger partial charge in [-0.3, -0.25) is 9.78 Å². The van der Waals surface area contributed by atoms with Gasteiger partial charge in [-0.1, -0.05) is 40.5 Å². The maximum atomic E-state index is 12.4. The SMILES string of the molecule is O=C(COc1ccc(Cl)cc1Cl)Nc1ccccc1-c1nc(-c2ccncc2)no1. The lowest BCUT2D eigenvalue weighted by atomic mass is 10.1. The molecule has 1 amide bonds.